The van der Waals surface area contributed by atoms with Crippen molar-refractivity contribution in [3.63, 3.8) is 0 Å². The molecule has 0 fully saturated rings. The van der Waals surface area contributed by atoms with E-state index in [0.717, 1.165) is 11.3 Å². The van der Waals surface area contributed by atoms with E-state index in [1.807, 2.05) is 31.2 Å². The van der Waals surface area contributed by atoms with E-state index in [0.29, 0.717) is 6.42 Å². The van der Waals surface area contributed by atoms with Gasteiger partial charge in [-0.1, -0.05) is 18.2 Å². The van der Waals surface area contributed by atoms with Crippen LogP contribution in [-0.2, 0) is 6.42 Å². The van der Waals surface area contributed by atoms with E-state index >= 15 is 0 Å². The zero-order chi connectivity index (χ0) is 8.55. The lowest BCUT2D eigenvalue weighted by atomic mass is 10.0. The maximum absolute atomic E-state index is 9.50. The number of hydrogen-bond acceptors (Lipinski definition) is 2. The second-order valence-electron chi connectivity index (χ2n) is 3.20. The summed E-state index contributed by atoms with van der Waals surface area (Å²) in [6, 6.07) is 7.84. The van der Waals surface area contributed by atoms with Gasteiger partial charge >= 0.3 is 0 Å². The lowest BCUT2D eigenvalue weighted by Gasteiger charge is -2.27. The second-order valence-corrected chi connectivity index (χ2v) is 3.20. The van der Waals surface area contributed by atoms with Gasteiger partial charge < -0.3 is 9.84 Å². The number of benzene rings is 1. The molecule has 2 rings (SSSR count). The van der Waals surface area contributed by atoms with Crippen molar-refractivity contribution in [1.82, 2.24) is 0 Å². The van der Waals surface area contributed by atoms with Crippen LogP contribution in [0.25, 0.3) is 0 Å². The predicted octanol–water partition coefficient (Wildman–Crippen LogP) is 1.37. The summed E-state index contributed by atoms with van der Waals surface area (Å²) in [7, 11) is 0. The summed E-state index contributed by atoms with van der Waals surface area (Å²) < 4.78 is 5.49. The van der Waals surface area contributed by atoms with Gasteiger partial charge in [0.25, 0.3) is 0 Å². The molecule has 1 aliphatic rings. The molecule has 1 aromatic rings. The van der Waals surface area contributed by atoms with Crippen molar-refractivity contribution in [3.05, 3.63) is 29.8 Å². The van der Waals surface area contributed by atoms with Crippen LogP contribution in [0.2, 0.25) is 0 Å². The molecule has 64 valence electrons. The molecule has 0 bridgehead atoms. The summed E-state index contributed by atoms with van der Waals surface area (Å²) in [6.07, 6.45) is 0.261. The first-order valence-corrected chi connectivity index (χ1v) is 4.20. The van der Waals surface area contributed by atoms with E-state index in [9.17, 15) is 5.11 Å². The Morgan fingerprint density at radius 2 is 2.17 bits per heavy atom. The van der Waals surface area contributed by atoms with Gasteiger partial charge in [0.05, 0.1) is 6.10 Å². The van der Waals surface area contributed by atoms with Crippen LogP contribution in [0.15, 0.2) is 24.3 Å². The standard InChI is InChI=1S/C10H12O2/c1-7-9(11)6-8-4-2-3-5-10(8)12-7/h2-5,7,9,11H,6H2,1H3. The first kappa shape index (κ1) is 7.62. The molecule has 0 saturated heterocycles. The average Bonchev–Trinajstić information content (AvgIpc) is 2.07. The third kappa shape index (κ3) is 1.18. The molecule has 1 heterocycles. The van der Waals surface area contributed by atoms with Crippen molar-refractivity contribution in [1.29, 1.82) is 0 Å². The van der Waals surface area contributed by atoms with Gasteiger partial charge in [-0.3, -0.25) is 0 Å². The minimum absolute atomic E-state index is 0.0834. The van der Waals surface area contributed by atoms with E-state index < -0.39 is 0 Å². The quantitative estimate of drug-likeness (QED) is 0.627. The molecule has 0 aromatic heterocycles. The molecule has 0 aliphatic carbocycles. The summed E-state index contributed by atoms with van der Waals surface area (Å²) >= 11 is 0. The lowest BCUT2D eigenvalue weighted by molar-refractivity contribution is 0.0329. The van der Waals surface area contributed by atoms with Crippen molar-refractivity contribution < 1.29 is 9.84 Å². The van der Waals surface area contributed by atoms with E-state index in [4.69, 9.17) is 4.74 Å². The highest BCUT2D eigenvalue weighted by atomic mass is 16.5. The first-order valence-electron chi connectivity index (χ1n) is 4.20. The molecular weight excluding hydrogens is 152 g/mol. The molecule has 2 nitrogen and oxygen atoms in total. The summed E-state index contributed by atoms with van der Waals surface area (Å²) in [6.45, 7) is 1.89. The number of para-hydroxylation sites is 1. The number of fused-ring (bicyclic) bond motifs is 1. The molecule has 0 saturated carbocycles. The Hall–Kier alpha value is -1.02. The Morgan fingerprint density at radius 3 is 3.00 bits per heavy atom. The van der Waals surface area contributed by atoms with Gasteiger partial charge in [0.15, 0.2) is 0 Å². The van der Waals surface area contributed by atoms with Crippen LogP contribution in [0.4, 0.5) is 0 Å². The highest BCUT2D eigenvalue weighted by molar-refractivity contribution is 5.35. The largest absolute Gasteiger partial charge is 0.488 e. The second kappa shape index (κ2) is 2.79. The zero-order valence-corrected chi connectivity index (χ0v) is 7.03. The molecule has 0 amide bonds. The van der Waals surface area contributed by atoms with Crippen LogP contribution in [0.1, 0.15) is 12.5 Å². The zero-order valence-electron chi connectivity index (χ0n) is 7.03. The monoisotopic (exact) mass is 164 g/mol. The molecule has 2 heteroatoms. The van der Waals surface area contributed by atoms with Crippen molar-refractivity contribution in [3.8, 4) is 5.75 Å². The SMILES string of the molecule is CC1Oc2ccccc2CC1O. The summed E-state index contributed by atoms with van der Waals surface area (Å²) in [5.74, 6) is 0.912. The number of aliphatic hydroxyl groups is 1. The topological polar surface area (TPSA) is 29.5 Å². The Balaban J connectivity index is 2.34. The Morgan fingerprint density at radius 1 is 1.42 bits per heavy atom. The van der Waals surface area contributed by atoms with Crippen LogP contribution in [-0.4, -0.2) is 17.3 Å². The summed E-state index contributed by atoms with van der Waals surface area (Å²) in [5, 5.41) is 9.50. The van der Waals surface area contributed by atoms with Gasteiger partial charge in [0, 0.05) is 6.42 Å². The normalized spacial score (nSPS) is 27.5. The maximum atomic E-state index is 9.50. The predicted molar refractivity (Wildman–Crippen MR) is 46.2 cm³/mol. The van der Waals surface area contributed by atoms with Crippen molar-refractivity contribution in [2.75, 3.05) is 0 Å². The summed E-state index contributed by atoms with van der Waals surface area (Å²) in [5.41, 5.74) is 1.10. The minimum atomic E-state index is -0.361. The molecule has 12 heavy (non-hydrogen) atoms. The average molecular weight is 164 g/mol. The maximum Gasteiger partial charge on any atom is 0.123 e. The van der Waals surface area contributed by atoms with E-state index in [1.165, 1.54) is 0 Å². The van der Waals surface area contributed by atoms with Crippen molar-refractivity contribution in [2.24, 2.45) is 0 Å². The molecule has 0 spiro atoms. The van der Waals surface area contributed by atoms with Gasteiger partial charge in [-0.15, -0.1) is 0 Å². The molecule has 1 aliphatic heterocycles. The van der Waals surface area contributed by atoms with Crippen molar-refractivity contribution >= 4 is 0 Å². The first-order chi connectivity index (χ1) is 5.77. The Kier molecular flexibility index (Phi) is 1.77. The van der Waals surface area contributed by atoms with Crippen LogP contribution in [0.3, 0.4) is 0 Å². The summed E-state index contributed by atoms with van der Waals surface area (Å²) in [4.78, 5) is 0. The van der Waals surface area contributed by atoms with Crippen LogP contribution >= 0.6 is 0 Å². The third-order valence-electron chi connectivity index (χ3n) is 2.26. The van der Waals surface area contributed by atoms with Gasteiger partial charge in [0.1, 0.15) is 11.9 Å². The smallest absolute Gasteiger partial charge is 0.123 e. The molecule has 1 aromatic carbocycles. The number of aliphatic hydroxyl groups excluding tert-OH is 1. The fourth-order valence-electron chi connectivity index (χ4n) is 1.46. The van der Waals surface area contributed by atoms with Crippen LogP contribution in [0.5, 0.6) is 5.75 Å². The van der Waals surface area contributed by atoms with Gasteiger partial charge in [-0.2, -0.15) is 0 Å². The minimum Gasteiger partial charge on any atom is -0.488 e. The van der Waals surface area contributed by atoms with E-state index in [2.05, 4.69) is 0 Å². The fraction of sp³-hybridized carbons (Fsp3) is 0.400. The molecule has 1 N–H and O–H groups in total. The van der Waals surface area contributed by atoms with E-state index in [-0.39, 0.29) is 12.2 Å². The third-order valence-corrected chi connectivity index (χ3v) is 2.26. The van der Waals surface area contributed by atoms with Gasteiger partial charge in [-0.25, -0.2) is 0 Å². The molecule has 0 radical (unpaired) electrons. The molecule has 2 unspecified atom stereocenters. The Labute approximate surface area is 71.8 Å². The number of hydrogen-bond donors (Lipinski definition) is 1. The fourth-order valence-corrected chi connectivity index (χ4v) is 1.46. The number of rotatable bonds is 0. The molecular formula is C10H12O2. The van der Waals surface area contributed by atoms with E-state index in [1.54, 1.807) is 0 Å². The van der Waals surface area contributed by atoms with Gasteiger partial charge in [-0.05, 0) is 18.6 Å². The van der Waals surface area contributed by atoms with Crippen LogP contribution < -0.4 is 4.74 Å². The highest BCUT2D eigenvalue weighted by Gasteiger charge is 2.23. The van der Waals surface area contributed by atoms with Crippen LogP contribution in [0, 0.1) is 0 Å². The molecule has 2 atom stereocenters. The number of ether oxygens (including phenoxy) is 1. The Bertz CT molecular complexity index is 254. The van der Waals surface area contributed by atoms with Crippen molar-refractivity contribution in [2.45, 2.75) is 25.6 Å². The highest BCUT2D eigenvalue weighted by Crippen LogP contribution is 2.26. The van der Waals surface area contributed by atoms with Gasteiger partial charge in [0.2, 0.25) is 0 Å². The lowest BCUT2D eigenvalue weighted by Crippen LogP contribution is -2.34.